The molecule has 13 heavy (non-hydrogen) atoms. The molecule has 1 aromatic rings. The number of halogens is 1. The van der Waals surface area contributed by atoms with E-state index >= 15 is 0 Å². The lowest BCUT2D eigenvalue weighted by molar-refractivity contribution is 0.688. The zero-order valence-corrected chi connectivity index (χ0v) is 8.89. The van der Waals surface area contributed by atoms with E-state index in [1.807, 2.05) is 12.1 Å². The molecule has 1 heterocycles. The summed E-state index contributed by atoms with van der Waals surface area (Å²) >= 11 is 6.71. The van der Waals surface area contributed by atoms with Crippen LogP contribution in [0.25, 0.3) is 0 Å². The third kappa shape index (κ3) is 1.73. The smallest absolute Gasteiger partial charge is 0.126 e. The molecule has 0 aliphatic carbocycles. The maximum absolute atomic E-state index is 11.1. The number of hydrogen-bond acceptors (Lipinski definition) is 4. The van der Waals surface area contributed by atoms with Gasteiger partial charge in [0.2, 0.25) is 0 Å². The maximum atomic E-state index is 11.1. The van der Waals surface area contributed by atoms with Gasteiger partial charge in [0.05, 0.1) is 21.4 Å². The normalized spacial score (nSPS) is 11.7. The van der Waals surface area contributed by atoms with Crippen LogP contribution in [-0.2, 0) is 10.8 Å². The van der Waals surface area contributed by atoms with E-state index in [0.717, 1.165) is 11.3 Å². The molecule has 0 N–H and O–H groups in total. The molecule has 0 saturated carbocycles. The van der Waals surface area contributed by atoms with Gasteiger partial charge in [0.15, 0.2) is 0 Å². The second-order valence-electron chi connectivity index (χ2n) is 2.09. The van der Waals surface area contributed by atoms with Crippen LogP contribution in [0.15, 0.2) is 4.21 Å². The molecule has 0 aromatic carbocycles. The van der Waals surface area contributed by atoms with Crippen LogP contribution in [-0.4, -0.2) is 10.5 Å². The summed E-state index contributed by atoms with van der Waals surface area (Å²) in [5, 5.41) is 17.4. The molecule has 1 aromatic heterocycles. The van der Waals surface area contributed by atoms with Crippen molar-refractivity contribution in [3.8, 4) is 12.1 Å². The first kappa shape index (κ1) is 10.2. The Hall–Kier alpha value is -0.880. The lowest BCUT2D eigenvalue weighted by Gasteiger charge is -1.88. The predicted molar refractivity (Wildman–Crippen MR) is 51.1 cm³/mol. The van der Waals surface area contributed by atoms with E-state index in [0.29, 0.717) is 4.21 Å². The van der Waals surface area contributed by atoms with Gasteiger partial charge in [-0.25, -0.2) is 0 Å². The SMILES string of the molecule is CS(=O)c1sc(C#N)c(Cl)c1C#N. The molecule has 0 fully saturated rings. The van der Waals surface area contributed by atoms with E-state index in [4.69, 9.17) is 22.1 Å². The van der Waals surface area contributed by atoms with Crippen molar-refractivity contribution in [1.29, 1.82) is 10.5 Å². The van der Waals surface area contributed by atoms with Crippen LogP contribution in [0.3, 0.4) is 0 Å². The van der Waals surface area contributed by atoms with Gasteiger partial charge in [0.1, 0.15) is 21.2 Å². The Morgan fingerprint density at radius 1 is 1.46 bits per heavy atom. The first-order chi connectivity index (χ1) is 6.11. The van der Waals surface area contributed by atoms with E-state index < -0.39 is 10.8 Å². The minimum atomic E-state index is -1.27. The summed E-state index contributed by atoms with van der Waals surface area (Å²) in [5.74, 6) is 0. The minimum absolute atomic E-state index is 0.111. The van der Waals surface area contributed by atoms with E-state index in [-0.39, 0.29) is 15.5 Å². The fraction of sp³-hybridized carbons (Fsp3) is 0.143. The number of rotatable bonds is 1. The fourth-order valence-corrected chi connectivity index (χ4v) is 2.99. The third-order valence-electron chi connectivity index (χ3n) is 1.29. The summed E-state index contributed by atoms with van der Waals surface area (Å²) in [7, 11) is -1.27. The van der Waals surface area contributed by atoms with Gasteiger partial charge in [-0.05, 0) is 0 Å². The monoisotopic (exact) mass is 230 g/mol. The molecule has 3 nitrogen and oxygen atoms in total. The van der Waals surface area contributed by atoms with Crippen LogP contribution in [0.2, 0.25) is 5.02 Å². The maximum Gasteiger partial charge on any atom is 0.126 e. The van der Waals surface area contributed by atoms with Crippen LogP contribution in [0, 0.1) is 22.7 Å². The van der Waals surface area contributed by atoms with Crippen molar-refractivity contribution in [2.75, 3.05) is 6.26 Å². The molecule has 1 unspecified atom stereocenters. The zero-order valence-electron chi connectivity index (χ0n) is 6.50. The zero-order chi connectivity index (χ0) is 10.0. The second kappa shape index (κ2) is 3.89. The van der Waals surface area contributed by atoms with Crippen molar-refractivity contribution in [1.82, 2.24) is 0 Å². The van der Waals surface area contributed by atoms with Crippen molar-refractivity contribution in [2.24, 2.45) is 0 Å². The quantitative estimate of drug-likeness (QED) is 0.740. The lowest BCUT2D eigenvalue weighted by atomic mass is 10.3. The van der Waals surface area contributed by atoms with Gasteiger partial charge in [0, 0.05) is 6.26 Å². The first-order valence-corrected chi connectivity index (χ1v) is 5.83. The van der Waals surface area contributed by atoms with Gasteiger partial charge in [-0.15, -0.1) is 11.3 Å². The van der Waals surface area contributed by atoms with Gasteiger partial charge < -0.3 is 0 Å². The van der Waals surface area contributed by atoms with Crippen LogP contribution in [0.1, 0.15) is 10.4 Å². The molecule has 0 spiro atoms. The Morgan fingerprint density at radius 3 is 2.38 bits per heavy atom. The Bertz CT molecular complexity index is 452. The standard InChI is InChI=1S/C7H3ClN2OS2/c1-13(11)7-4(2-9)6(8)5(3-10)12-7/h1H3. The molecule has 0 aliphatic rings. The first-order valence-electron chi connectivity index (χ1n) is 3.07. The summed E-state index contributed by atoms with van der Waals surface area (Å²) in [6.45, 7) is 0. The highest BCUT2D eigenvalue weighted by Crippen LogP contribution is 2.33. The number of thiophene rings is 1. The van der Waals surface area contributed by atoms with Crippen molar-refractivity contribution in [3.63, 3.8) is 0 Å². The van der Waals surface area contributed by atoms with Crippen molar-refractivity contribution < 1.29 is 4.21 Å². The van der Waals surface area contributed by atoms with Gasteiger partial charge >= 0.3 is 0 Å². The van der Waals surface area contributed by atoms with Crippen molar-refractivity contribution in [2.45, 2.75) is 4.21 Å². The lowest BCUT2D eigenvalue weighted by Crippen LogP contribution is -1.85. The van der Waals surface area contributed by atoms with Gasteiger partial charge in [-0.1, -0.05) is 11.6 Å². The van der Waals surface area contributed by atoms with E-state index in [9.17, 15) is 4.21 Å². The summed E-state index contributed by atoms with van der Waals surface area (Å²) in [6, 6.07) is 3.68. The van der Waals surface area contributed by atoms with Crippen LogP contribution in [0.4, 0.5) is 0 Å². The molecule has 0 amide bonds. The average Bonchev–Trinajstić information content (AvgIpc) is 2.42. The van der Waals surface area contributed by atoms with E-state index in [1.54, 1.807) is 0 Å². The van der Waals surface area contributed by atoms with Crippen LogP contribution in [0.5, 0.6) is 0 Å². The molecule has 0 aliphatic heterocycles. The summed E-state index contributed by atoms with van der Waals surface area (Å²) in [4.78, 5) is 0.239. The van der Waals surface area contributed by atoms with Crippen molar-refractivity contribution >= 4 is 33.7 Å². The third-order valence-corrected chi connectivity index (χ3v) is 4.35. The molecule has 6 heteroatoms. The second-order valence-corrected chi connectivity index (χ2v) is 5.06. The van der Waals surface area contributed by atoms with E-state index in [1.165, 1.54) is 6.26 Å². The topological polar surface area (TPSA) is 64.7 Å². The molecular formula is C7H3ClN2OS2. The van der Waals surface area contributed by atoms with E-state index in [2.05, 4.69) is 0 Å². The Kier molecular flexibility index (Phi) is 3.05. The highest BCUT2D eigenvalue weighted by Gasteiger charge is 2.18. The van der Waals surface area contributed by atoms with Crippen LogP contribution < -0.4 is 0 Å². The number of hydrogen-bond donors (Lipinski definition) is 0. The summed E-state index contributed by atoms with van der Waals surface area (Å²) in [5.41, 5.74) is 0.157. The van der Waals surface area contributed by atoms with Crippen molar-refractivity contribution in [3.05, 3.63) is 15.5 Å². The Balaban J connectivity index is 3.50. The Morgan fingerprint density at radius 2 is 2.08 bits per heavy atom. The summed E-state index contributed by atoms with van der Waals surface area (Å²) in [6.07, 6.45) is 1.45. The molecule has 0 saturated heterocycles. The molecule has 0 radical (unpaired) electrons. The highest BCUT2D eigenvalue weighted by atomic mass is 35.5. The molecular weight excluding hydrogens is 228 g/mol. The summed E-state index contributed by atoms with van der Waals surface area (Å²) < 4.78 is 11.5. The van der Waals surface area contributed by atoms with Gasteiger partial charge in [-0.3, -0.25) is 4.21 Å². The number of nitriles is 2. The number of nitrogens with zero attached hydrogens (tertiary/aromatic N) is 2. The van der Waals surface area contributed by atoms with Gasteiger partial charge in [-0.2, -0.15) is 10.5 Å². The molecule has 1 rings (SSSR count). The average molecular weight is 231 g/mol. The minimum Gasteiger partial charge on any atom is -0.254 e. The van der Waals surface area contributed by atoms with Crippen LogP contribution >= 0.6 is 22.9 Å². The predicted octanol–water partition coefficient (Wildman–Crippen LogP) is 1.88. The Labute approximate surface area is 86.6 Å². The highest BCUT2D eigenvalue weighted by molar-refractivity contribution is 7.86. The van der Waals surface area contributed by atoms with Gasteiger partial charge in [0.25, 0.3) is 0 Å². The molecule has 0 bridgehead atoms. The largest absolute Gasteiger partial charge is 0.254 e. The molecule has 66 valence electrons. The fourth-order valence-electron chi connectivity index (χ4n) is 0.761. The molecule has 1 atom stereocenters.